The molecule has 1 atom stereocenters. The average molecular weight is 344 g/mol. The average Bonchev–Trinajstić information content (AvgIpc) is 3.25. The van der Waals surface area contributed by atoms with Crippen LogP contribution >= 0.6 is 11.3 Å². The van der Waals surface area contributed by atoms with Crippen LogP contribution in [0.1, 0.15) is 34.1 Å². The minimum atomic E-state index is -0.455. The Kier molecular flexibility index (Phi) is 5.27. The summed E-state index contributed by atoms with van der Waals surface area (Å²) in [5.74, 6) is -0.571. The number of likely N-dealkylation sites (tertiary alicyclic amines) is 1. The monoisotopic (exact) mass is 344 g/mol. The van der Waals surface area contributed by atoms with Crippen LogP contribution in [0.15, 0.2) is 41.8 Å². The lowest BCUT2D eigenvalue weighted by Gasteiger charge is -2.23. The number of benzene rings is 1. The molecule has 1 aromatic carbocycles. The first-order valence-corrected chi connectivity index (χ1v) is 8.81. The fourth-order valence-electron chi connectivity index (χ4n) is 3.07. The quantitative estimate of drug-likeness (QED) is 0.846. The molecule has 0 radical (unpaired) electrons. The van der Waals surface area contributed by atoms with Crippen LogP contribution in [0, 0.1) is 0 Å². The summed E-state index contributed by atoms with van der Waals surface area (Å²) >= 11 is 1.73. The summed E-state index contributed by atoms with van der Waals surface area (Å²) in [6.07, 6.45) is 2.17. The number of nitrogens with one attached hydrogen (secondary N) is 1. The fourth-order valence-corrected chi connectivity index (χ4v) is 3.97. The summed E-state index contributed by atoms with van der Waals surface area (Å²) in [6, 6.07) is 11.4. The van der Waals surface area contributed by atoms with E-state index in [2.05, 4.69) is 21.7 Å². The molecule has 0 aliphatic carbocycles. The highest BCUT2D eigenvalue weighted by molar-refractivity contribution is 7.10. The van der Waals surface area contributed by atoms with Crippen molar-refractivity contribution in [1.29, 1.82) is 0 Å². The number of hydrogen-bond acceptors (Lipinski definition) is 5. The third-order valence-electron chi connectivity index (χ3n) is 4.19. The largest absolute Gasteiger partial charge is 0.465 e. The number of nitrogens with zero attached hydrogens (tertiary/aromatic N) is 1. The molecule has 0 unspecified atom stereocenters. The normalized spacial score (nSPS) is 17.6. The number of thiophene rings is 1. The van der Waals surface area contributed by atoms with Crippen molar-refractivity contribution in [2.75, 3.05) is 25.5 Å². The summed E-state index contributed by atoms with van der Waals surface area (Å²) < 4.78 is 4.76. The molecule has 0 bridgehead atoms. The topological polar surface area (TPSA) is 58.6 Å². The molecule has 24 heavy (non-hydrogen) atoms. The molecule has 2 aromatic rings. The van der Waals surface area contributed by atoms with Crippen molar-refractivity contribution >= 4 is 28.9 Å². The summed E-state index contributed by atoms with van der Waals surface area (Å²) in [7, 11) is 1.33. The molecule has 126 valence electrons. The van der Waals surface area contributed by atoms with Crippen molar-refractivity contribution in [3.05, 3.63) is 52.2 Å². The molecular formula is C18H20N2O3S. The van der Waals surface area contributed by atoms with Crippen LogP contribution in [0.2, 0.25) is 0 Å². The number of carbonyl (C=O) groups is 2. The van der Waals surface area contributed by atoms with E-state index < -0.39 is 5.97 Å². The maximum atomic E-state index is 12.4. The van der Waals surface area contributed by atoms with E-state index in [1.807, 2.05) is 6.07 Å². The number of amides is 1. The van der Waals surface area contributed by atoms with E-state index in [-0.39, 0.29) is 5.91 Å². The van der Waals surface area contributed by atoms with Crippen LogP contribution in [-0.4, -0.2) is 37.0 Å². The number of anilines is 1. The van der Waals surface area contributed by atoms with Crippen molar-refractivity contribution in [1.82, 2.24) is 4.90 Å². The Morgan fingerprint density at radius 1 is 1.29 bits per heavy atom. The Bertz CT molecular complexity index is 715. The van der Waals surface area contributed by atoms with E-state index in [1.54, 1.807) is 35.6 Å². The van der Waals surface area contributed by atoms with Gasteiger partial charge in [0.25, 0.3) is 0 Å². The van der Waals surface area contributed by atoms with E-state index in [0.29, 0.717) is 23.8 Å². The predicted molar refractivity (Wildman–Crippen MR) is 94.3 cm³/mol. The highest BCUT2D eigenvalue weighted by atomic mass is 32.1. The predicted octanol–water partition coefficient (Wildman–Crippen LogP) is 3.31. The summed E-state index contributed by atoms with van der Waals surface area (Å²) in [5.41, 5.74) is 0.853. The van der Waals surface area contributed by atoms with E-state index in [9.17, 15) is 9.59 Å². The van der Waals surface area contributed by atoms with Gasteiger partial charge >= 0.3 is 5.97 Å². The van der Waals surface area contributed by atoms with Gasteiger partial charge in [-0.1, -0.05) is 18.2 Å². The minimum absolute atomic E-state index is 0.116. The molecule has 1 aromatic heterocycles. The number of para-hydroxylation sites is 1. The van der Waals surface area contributed by atoms with E-state index in [4.69, 9.17) is 4.74 Å². The van der Waals surface area contributed by atoms with Crippen LogP contribution in [0.5, 0.6) is 0 Å². The maximum Gasteiger partial charge on any atom is 0.339 e. The number of esters is 1. The van der Waals surface area contributed by atoms with Crippen LogP contribution in [0.25, 0.3) is 0 Å². The Morgan fingerprint density at radius 2 is 2.12 bits per heavy atom. The zero-order valence-electron chi connectivity index (χ0n) is 13.5. The molecule has 6 heteroatoms. The molecular weight excluding hydrogens is 324 g/mol. The van der Waals surface area contributed by atoms with Crippen molar-refractivity contribution in [2.24, 2.45) is 0 Å². The molecule has 1 saturated heterocycles. The molecule has 5 nitrogen and oxygen atoms in total. The Labute approximate surface area is 145 Å². The zero-order valence-corrected chi connectivity index (χ0v) is 14.3. The Hall–Kier alpha value is -2.18. The first kappa shape index (κ1) is 16.7. The Balaban J connectivity index is 1.67. The number of carbonyl (C=O) groups excluding carboxylic acids is 2. The molecule has 0 spiro atoms. The van der Waals surface area contributed by atoms with Gasteiger partial charge in [0.05, 0.1) is 24.9 Å². The smallest absolute Gasteiger partial charge is 0.339 e. The van der Waals surface area contributed by atoms with Gasteiger partial charge in [-0.2, -0.15) is 0 Å². The van der Waals surface area contributed by atoms with Crippen molar-refractivity contribution < 1.29 is 14.3 Å². The van der Waals surface area contributed by atoms with Gasteiger partial charge < -0.3 is 10.1 Å². The molecule has 1 aliphatic heterocycles. The summed E-state index contributed by atoms with van der Waals surface area (Å²) in [6.45, 7) is 1.23. The van der Waals surface area contributed by atoms with Gasteiger partial charge in [-0.3, -0.25) is 9.69 Å². The first-order valence-electron chi connectivity index (χ1n) is 7.93. The van der Waals surface area contributed by atoms with Gasteiger partial charge in [0, 0.05) is 10.9 Å². The van der Waals surface area contributed by atoms with Gasteiger partial charge in [-0.05, 0) is 43.0 Å². The number of ether oxygens (including phenoxy) is 1. The highest BCUT2D eigenvalue weighted by Gasteiger charge is 2.28. The van der Waals surface area contributed by atoms with Gasteiger partial charge in [0.15, 0.2) is 0 Å². The molecule has 1 N–H and O–H groups in total. The van der Waals surface area contributed by atoms with Crippen molar-refractivity contribution in [3.63, 3.8) is 0 Å². The molecule has 2 heterocycles. The molecule has 0 saturated carbocycles. The minimum Gasteiger partial charge on any atom is -0.465 e. The number of rotatable bonds is 5. The standard InChI is InChI=1S/C18H20N2O3S/c1-23-18(22)13-6-2-3-7-14(13)19-17(21)12-20-10-4-8-15(20)16-9-5-11-24-16/h2-3,5-7,9,11,15H,4,8,10,12H2,1H3,(H,19,21)/t15-/m1/s1. The lowest BCUT2D eigenvalue weighted by molar-refractivity contribution is -0.117. The van der Waals surface area contributed by atoms with Gasteiger partial charge in [-0.15, -0.1) is 11.3 Å². The maximum absolute atomic E-state index is 12.4. The molecule has 3 rings (SSSR count). The SMILES string of the molecule is COC(=O)c1ccccc1NC(=O)CN1CCC[C@@H]1c1cccs1. The van der Waals surface area contributed by atoms with Gasteiger partial charge in [0.2, 0.25) is 5.91 Å². The van der Waals surface area contributed by atoms with E-state index in [1.165, 1.54) is 12.0 Å². The van der Waals surface area contributed by atoms with Crippen LogP contribution in [0.4, 0.5) is 5.69 Å². The lowest BCUT2D eigenvalue weighted by Crippen LogP contribution is -2.33. The van der Waals surface area contributed by atoms with Gasteiger partial charge in [-0.25, -0.2) is 4.79 Å². The van der Waals surface area contributed by atoms with Crippen LogP contribution in [-0.2, 0) is 9.53 Å². The number of hydrogen-bond donors (Lipinski definition) is 1. The number of methoxy groups -OCH3 is 1. The molecule has 1 amide bonds. The lowest BCUT2D eigenvalue weighted by atomic mass is 10.1. The van der Waals surface area contributed by atoms with Crippen molar-refractivity contribution in [2.45, 2.75) is 18.9 Å². The zero-order chi connectivity index (χ0) is 16.9. The Morgan fingerprint density at radius 3 is 2.88 bits per heavy atom. The second-order valence-electron chi connectivity index (χ2n) is 5.73. The third-order valence-corrected chi connectivity index (χ3v) is 5.16. The molecule has 1 aliphatic rings. The van der Waals surface area contributed by atoms with Crippen molar-refractivity contribution in [3.8, 4) is 0 Å². The van der Waals surface area contributed by atoms with Gasteiger partial charge in [0.1, 0.15) is 0 Å². The second kappa shape index (κ2) is 7.59. The molecule has 1 fully saturated rings. The summed E-state index contributed by atoms with van der Waals surface area (Å²) in [4.78, 5) is 27.7. The van der Waals surface area contributed by atoms with E-state index in [0.717, 1.165) is 19.4 Å². The van der Waals surface area contributed by atoms with E-state index >= 15 is 0 Å². The van der Waals surface area contributed by atoms with Crippen LogP contribution in [0.3, 0.4) is 0 Å². The first-order chi connectivity index (χ1) is 11.7. The fraction of sp³-hybridized carbons (Fsp3) is 0.333. The highest BCUT2D eigenvalue weighted by Crippen LogP contribution is 2.34. The second-order valence-corrected chi connectivity index (χ2v) is 6.71. The third kappa shape index (κ3) is 3.66. The summed E-state index contributed by atoms with van der Waals surface area (Å²) in [5, 5.41) is 4.91. The van der Waals surface area contributed by atoms with Crippen LogP contribution < -0.4 is 5.32 Å².